The van der Waals surface area contributed by atoms with Crippen molar-refractivity contribution in [3.63, 3.8) is 0 Å². The number of aliphatic hydroxyl groups excluding tert-OH is 1. The lowest BCUT2D eigenvalue weighted by Crippen LogP contribution is -2.33. The van der Waals surface area contributed by atoms with Gasteiger partial charge in [-0.05, 0) is 12.2 Å². The Hall–Kier alpha value is -1.13. The normalized spacial score (nSPS) is 34.5. The highest BCUT2D eigenvalue weighted by molar-refractivity contribution is 5.61. The summed E-state index contributed by atoms with van der Waals surface area (Å²) in [5, 5.41) is 18.6. The van der Waals surface area contributed by atoms with Crippen LogP contribution >= 0.6 is 0 Å². The predicted molar refractivity (Wildman–Crippen MR) is 41.4 cm³/mol. The van der Waals surface area contributed by atoms with E-state index in [4.69, 9.17) is 0 Å². The molecule has 0 heterocycles. The Kier molecular flexibility index (Phi) is 2.30. The first-order valence-electron chi connectivity index (χ1n) is 3.46. The monoisotopic (exact) mass is 170 g/mol. The SMILES string of the molecule is COC1(O)C=CC(C=O)C=C1O. The summed E-state index contributed by atoms with van der Waals surface area (Å²) in [5.41, 5.74) is 0. The first kappa shape index (κ1) is 8.96. The van der Waals surface area contributed by atoms with Crippen LogP contribution in [0.15, 0.2) is 24.0 Å². The van der Waals surface area contributed by atoms with Crippen molar-refractivity contribution in [1.82, 2.24) is 0 Å². The molecule has 0 bridgehead atoms. The molecule has 0 spiro atoms. The molecule has 0 aromatic heterocycles. The summed E-state index contributed by atoms with van der Waals surface area (Å²) in [6.07, 6.45) is 4.58. The molecule has 0 aliphatic heterocycles. The van der Waals surface area contributed by atoms with Gasteiger partial charge in [-0.25, -0.2) is 0 Å². The maximum absolute atomic E-state index is 10.3. The van der Waals surface area contributed by atoms with Gasteiger partial charge in [-0.1, -0.05) is 6.08 Å². The summed E-state index contributed by atoms with van der Waals surface area (Å²) in [7, 11) is 1.26. The highest BCUT2D eigenvalue weighted by Crippen LogP contribution is 2.23. The molecule has 2 atom stereocenters. The summed E-state index contributed by atoms with van der Waals surface area (Å²) in [6, 6.07) is 0. The smallest absolute Gasteiger partial charge is 0.244 e. The van der Waals surface area contributed by atoms with Crippen molar-refractivity contribution in [3.8, 4) is 0 Å². The number of allylic oxidation sites excluding steroid dienone is 2. The molecule has 66 valence electrons. The third kappa shape index (κ3) is 1.39. The van der Waals surface area contributed by atoms with Crippen molar-refractivity contribution in [3.05, 3.63) is 24.0 Å². The van der Waals surface area contributed by atoms with Crippen molar-refractivity contribution in [2.75, 3.05) is 7.11 Å². The Morgan fingerprint density at radius 3 is 2.83 bits per heavy atom. The van der Waals surface area contributed by atoms with Gasteiger partial charge in [0.05, 0.1) is 5.92 Å². The van der Waals surface area contributed by atoms with E-state index in [9.17, 15) is 15.0 Å². The number of ether oxygens (including phenoxy) is 1. The van der Waals surface area contributed by atoms with Crippen LogP contribution in [0.1, 0.15) is 0 Å². The Morgan fingerprint density at radius 2 is 2.42 bits per heavy atom. The zero-order valence-electron chi connectivity index (χ0n) is 6.60. The second kappa shape index (κ2) is 3.08. The van der Waals surface area contributed by atoms with Gasteiger partial charge in [-0.3, -0.25) is 0 Å². The van der Waals surface area contributed by atoms with Crippen LogP contribution in [0.25, 0.3) is 0 Å². The number of rotatable bonds is 2. The summed E-state index contributed by atoms with van der Waals surface area (Å²) in [4.78, 5) is 10.3. The second-order valence-electron chi connectivity index (χ2n) is 2.53. The van der Waals surface area contributed by atoms with Crippen LogP contribution in [-0.4, -0.2) is 29.4 Å². The molecule has 0 amide bonds. The van der Waals surface area contributed by atoms with Crippen LogP contribution in [0.4, 0.5) is 0 Å². The Morgan fingerprint density at radius 1 is 1.75 bits per heavy atom. The van der Waals surface area contributed by atoms with Crippen molar-refractivity contribution in [2.45, 2.75) is 5.79 Å². The molecule has 0 radical (unpaired) electrons. The Labute approximate surface area is 69.8 Å². The van der Waals surface area contributed by atoms with Crippen molar-refractivity contribution in [1.29, 1.82) is 0 Å². The van der Waals surface area contributed by atoms with Crippen LogP contribution in [0.5, 0.6) is 0 Å². The molecular formula is C8H10O4. The zero-order valence-corrected chi connectivity index (χ0v) is 6.60. The number of aliphatic hydroxyl groups is 2. The molecule has 0 aromatic rings. The Balaban J connectivity index is 2.89. The topological polar surface area (TPSA) is 66.8 Å². The predicted octanol–water partition coefficient (Wildman–Crippen LogP) is 0.148. The van der Waals surface area contributed by atoms with Gasteiger partial charge in [-0.2, -0.15) is 0 Å². The molecule has 0 saturated heterocycles. The Bertz CT molecular complexity index is 243. The lowest BCUT2D eigenvalue weighted by Gasteiger charge is -2.25. The first-order chi connectivity index (χ1) is 5.62. The number of hydrogen-bond acceptors (Lipinski definition) is 4. The van der Waals surface area contributed by atoms with Crippen LogP contribution < -0.4 is 0 Å². The summed E-state index contributed by atoms with van der Waals surface area (Å²) in [5.74, 6) is -2.61. The van der Waals surface area contributed by atoms with E-state index in [1.54, 1.807) is 0 Å². The van der Waals surface area contributed by atoms with E-state index in [1.807, 2.05) is 0 Å². The summed E-state index contributed by atoms with van der Waals surface area (Å²) < 4.78 is 4.62. The maximum atomic E-state index is 10.3. The van der Waals surface area contributed by atoms with E-state index in [2.05, 4.69) is 4.74 Å². The molecule has 2 N–H and O–H groups in total. The standard InChI is InChI=1S/C8H10O4/c1-12-8(11)3-2-6(5-9)4-7(8)10/h2-6,10-11H,1H3. The van der Waals surface area contributed by atoms with Crippen molar-refractivity contribution < 1.29 is 19.7 Å². The molecule has 2 unspecified atom stereocenters. The van der Waals surface area contributed by atoms with Gasteiger partial charge in [0.2, 0.25) is 5.79 Å². The molecule has 4 heteroatoms. The summed E-state index contributed by atoms with van der Waals surface area (Å²) >= 11 is 0. The van der Waals surface area contributed by atoms with E-state index in [1.165, 1.54) is 25.3 Å². The molecule has 0 fully saturated rings. The van der Waals surface area contributed by atoms with E-state index in [-0.39, 0.29) is 5.76 Å². The van der Waals surface area contributed by atoms with E-state index in [0.29, 0.717) is 6.29 Å². The molecule has 1 rings (SSSR count). The van der Waals surface area contributed by atoms with Gasteiger partial charge in [0.15, 0.2) is 5.76 Å². The fraction of sp³-hybridized carbons (Fsp3) is 0.375. The third-order valence-corrected chi connectivity index (χ3v) is 1.73. The van der Waals surface area contributed by atoms with E-state index in [0.717, 1.165) is 0 Å². The molecule has 12 heavy (non-hydrogen) atoms. The number of carbonyl (C=O) groups is 1. The average molecular weight is 170 g/mol. The van der Waals surface area contributed by atoms with Crippen molar-refractivity contribution in [2.24, 2.45) is 5.92 Å². The van der Waals surface area contributed by atoms with Gasteiger partial charge >= 0.3 is 0 Å². The molecule has 0 saturated carbocycles. The number of hydrogen-bond donors (Lipinski definition) is 2. The van der Waals surface area contributed by atoms with E-state index < -0.39 is 11.7 Å². The summed E-state index contributed by atoms with van der Waals surface area (Å²) in [6.45, 7) is 0. The fourth-order valence-electron chi connectivity index (χ4n) is 0.941. The molecule has 4 nitrogen and oxygen atoms in total. The zero-order chi connectivity index (χ0) is 9.19. The van der Waals surface area contributed by atoms with E-state index >= 15 is 0 Å². The number of aldehydes is 1. The van der Waals surface area contributed by atoms with Gasteiger partial charge < -0.3 is 19.7 Å². The van der Waals surface area contributed by atoms with Gasteiger partial charge in [0.1, 0.15) is 6.29 Å². The van der Waals surface area contributed by atoms with Gasteiger partial charge in [-0.15, -0.1) is 0 Å². The van der Waals surface area contributed by atoms with Crippen LogP contribution in [0, 0.1) is 5.92 Å². The number of methoxy groups -OCH3 is 1. The highest BCUT2D eigenvalue weighted by Gasteiger charge is 2.31. The van der Waals surface area contributed by atoms with Gasteiger partial charge in [0, 0.05) is 7.11 Å². The second-order valence-corrected chi connectivity index (χ2v) is 2.53. The molecule has 0 aromatic carbocycles. The number of carbonyl (C=O) groups excluding carboxylic acids is 1. The molecule has 1 aliphatic carbocycles. The minimum absolute atomic E-state index is 0.357. The third-order valence-electron chi connectivity index (χ3n) is 1.73. The lowest BCUT2D eigenvalue weighted by atomic mass is 10.00. The van der Waals surface area contributed by atoms with Gasteiger partial charge in [0.25, 0.3) is 0 Å². The minimum atomic E-state index is -1.76. The molecule has 1 aliphatic rings. The quantitative estimate of drug-likeness (QED) is 0.351. The van der Waals surface area contributed by atoms with Crippen molar-refractivity contribution >= 4 is 6.29 Å². The average Bonchev–Trinajstić information content (AvgIpc) is 2.10. The fourth-order valence-corrected chi connectivity index (χ4v) is 0.941. The highest BCUT2D eigenvalue weighted by atomic mass is 16.6. The first-order valence-corrected chi connectivity index (χ1v) is 3.46. The van der Waals surface area contributed by atoms with Crippen LogP contribution in [-0.2, 0) is 9.53 Å². The maximum Gasteiger partial charge on any atom is 0.244 e. The van der Waals surface area contributed by atoms with Crippen LogP contribution in [0.3, 0.4) is 0 Å². The van der Waals surface area contributed by atoms with Crippen LogP contribution in [0.2, 0.25) is 0 Å². The lowest BCUT2D eigenvalue weighted by molar-refractivity contribution is -0.140. The molecular weight excluding hydrogens is 160 g/mol. The largest absolute Gasteiger partial charge is 0.507 e. The minimum Gasteiger partial charge on any atom is -0.507 e.